The van der Waals surface area contributed by atoms with Crippen LogP contribution in [0.25, 0.3) is 0 Å². The molecular weight excluding hydrogens is 248 g/mol. The van der Waals surface area contributed by atoms with Crippen molar-refractivity contribution in [1.29, 1.82) is 0 Å². The quantitative estimate of drug-likeness (QED) is 0.630. The highest BCUT2D eigenvalue weighted by Crippen LogP contribution is 2.43. The molecule has 6 nitrogen and oxygen atoms in total. The van der Waals surface area contributed by atoms with Crippen LogP contribution in [0.1, 0.15) is 53.9 Å². The average Bonchev–Trinajstić information content (AvgIpc) is 2.36. The van der Waals surface area contributed by atoms with E-state index < -0.39 is 10.6 Å². The summed E-state index contributed by atoms with van der Waals surface area (Å²) in [5.74, 6) is 0.288. The largest absolute Gasteiger partial charge is 0.314 e. The monoisotopic (exact) mass is 274 g/mol. The van der Waals surface area contributed by atoms with Crippen LogP contribution in [0.3, 0.4) is 0 Å². The fraction of sp³-hybridized carbons (Fsp3) is 1.00. The maximum Gasteiger partial charge on any atom is 0.294 e. The summed E-state index contributed by atoms with van der Waals surface area (Å²) in [7, 11) is 0. The molecule has 1 aliphatic heterocycles. The molecule has 0 aliphatic carbocycles. The molecule has 1 N–H and O–H groups in total. The zero-order chi connectivity index (χ0) is 14.8. The Morgan fingerprint density at radius 2 is 1.74 bits per heavy atom. The second kappa shape index (κ2) is 5.63. The molecule has 0 aromatic rings. The topological polar surface area (TPSA) is 75.8 Å². The summed E-state index contributed by atoms with van der Waals surface area (Å²) in [6, 6.07) is 0. The minimum Gasteiger partial charge on any atom is -0.314 e. The number of hydrogen-bond acceptors (Lipinski definition) is 5. The van der Waals surface area contributed by atoms with Crippen LogP contribution in [0.4, 0.5) is 0 Å². The fourth-order valence-corrected chi connectivity index (χ4v) is 3.34. The molecule has 0 aromatic heterocycles. The summed E-state index contributed by atoms with van der Waals surface area (Å²) in [6.45, 7) is 10.0. The molecule has 0 aromatic carbocycles. The fourth-order valence-electron chi connectivity index (χ4n) is 3.34. The van der Waals surface area contributed by atoms with Gasteiger partial charge < -0.3 is 10.0 Å². The predicted molar refractivity (Wildman–Crippen MR) is 71.2 cm³/mol. The highest BCUT2D eigenvalue weighted by atomic mass is 16.9. The molecule has 2 unspecified atom stereocenters. The van der Waals surface area contributed by atoms with Gasteiger partial charge in [-0.2, -0.15) is 5.06 Å². The van der Waals surface area contributed by atoms with Crippen molar-refractivity contribution in [1.82, 2.24) is 5.06 Å². The Balaban J connectivity index is 2.95. The summed E-state index contributed by atoms with van der Waals surface area (Å²) in [4.78, 5) is 14.9. The molecule has 1 heterocycles. The lowest BCUT2D eigenvalue weighted by atomic mass is 9.82. The third-order valence-corrected chi connectivity index (χ3v) is 4.83. The van der Waals surface area contributed by atoms with Crippen LogP contribution in [0.5, 0.6) is 0 Å². The summed E-state index contributed by atoms with van der Waals surface area (Å²) in [6.07, 6.45) is 2.73. The van der Waals surface area contributed by atoms with Crippen LogP contribution >= 0.6 is 0 Å². The van der Waals surface area contributed by atoms with Crippen LogP contribution in [0.15, 0.2) is 0 Å². The Morgan fingerprint density at radius 1 is 1.26 bits per heavy atom. The molecule has 19 heavy (non-hydrogen) atoms. The lowest BCUT2D eigenvalue weighted by molar-refractivity contribution is -0.759. The first-order valence-corrected chi connectivity index (χ1v) is 6.90. The number of hydrogen-bond donors (Lipinski definition) is 1. The molecule has 1 aliphatic rings. The molecule has 0 bridgehead atoms. The van der Waals surface area contributed by atoms with Crippen molar-refractivity contribution in [2.75, 3.05) is 6.61 Å². The first-order valence-electron chi connectivity index (χ1n) is 6.90. The molecule has 1 saturated heterocycles. The second-order valence-corrected chi connectivity index (χ2v) is 6.52. The highest BCUT2D eigenvalue weighted by Gasteiger charge is 2.48. The van der Waals surface area contributed by atoms with Crippen molar-refractivity contribution in [2.24, 2.45) is 11.8 Å². The smallest absolute Gasteiger partial charge is 0.294 e. The van der Waals surface area contributed by atoms with Gasteiger partial charge in [0.05, 0.1) is 0 Å². The number of hydroxylamine groups is 2. The molecule has 1 fully saturated rings. The van der Waals surface area contributed by atoms with Gasteiger partial charge in [-0.3, -0.25) is 0 Å². The van der Waals surface area contributed by atoms with Gasteiger partial charge in [0.1, 0.15) is 6.61 Å². The molecule has 0 amide bonds. The van der Waals surface area contributed by atoms with E-state index in [1.807, 2.05) is 27.7 Å². The van der Waals surface area contributed by atoms with Gasteiger partial charge in [0.15, 0.2) is 0 Å². The summed E-state index contributed by atoms with van der Waals surface area (Å²) in [5, 5.41) is 21.6. The van der Waals surface area contributed by atoms with E-state index in [4.69, 9.17) is 0 Å². The molecule has 6 heteroatoms. The standard InChI is InChI=1S/C13H26N2O4/c1-6-10-7-8-11(9-19-15(17)18)13(4,5)14(16)12(10,2)3/h10-11,16H,6-9H2,1-5H3. The van der Waals surface area contributed by atoms with E-state index in [2.05, 4.69) is 11.8 Å². The third kappa shape index (κ3) is 3.17. The average molecular weight is 274 g/mol. The van der Waals surface area contributed by atoms with E-state index in [9.17, 15) is 15.3 Å². The van der Waals surface area contributed by atoms with E-state index in [0.29, 0.717) is 5.92 Å². The molecule has 2 atom stereocenters. The Hall–Kier alpha value is -0.880. The van der Waals surface area contributed by atoms with Gasteiger partial charge in [-0.15, -0.1) is 10.1 Å². The van der Waals surface area contributed by atoms with E-state index in [1.165, 1.54) is 5.06 Å². The van der Waals surface area contributed by atoms with Crippen LogP contribution in [0.2, 0.25) is 0 Å². The van der Waals surface area contributed by atoms with Crippen molar-refractivity contribution in [2.45, 2.75) is 65.0 Å². The molecule has 0 spiro atoms. The summed E-state index contributed by atoms with van der Waals surface area (Å²) >= 11 is 0. The van der Waals surface area contributed by atoms with Crippen molar-refractivity contribution >= 4 is 0 Å². The lowest BCUT2D eigenvalue weighted by Gasteiger charge is -2.47. The van der Waals surface area contributed by atoms with Gasteiger partial charge in [0.2, 0.25) is 0 Å². The van der Waals surface area contributed by atoms with Gasteiger partial charge in [-0.25, -0.2) is 0 Å². The van der Waals surface area contributed by atoms with Crippen LogP contribution < -0.4 is 0 Å². The van der Waals surface area contributed by atoms with E-state index >= 15 is 0 Å². The minimum atomic E-state index is -0.759. The molecule has 1 rings (SSSR count). The summed E-state index contributed by atoms with van der Waals surface area (Å²) < 4.78 is 0. The van der Waals surface area contributed by atoms with Gasteiger partial charge >= 0.3 is 0 Å². The van der Waals surface area contributed by atoms with Crippen molar-refractivity contribution in [3.05, 3.63) is 10.1 Å². The molecular formula is C13H26N2O4. The predicted octanol–water partition coefficient (Wildman–Crippen LogP) is 2.88. The Bertz CT molecular complexity index is 331. The van der Waals surface area contributed by atoms with Crippen LogP contribution in [0, 0.1) is 22.0 Å². The van der Waals surface area contributed by atoms with Gasteiger partial charge in [0, 0.05) is 17.0 Å². The zero-order valence-corrected chi connectivity index (χ0v) is 12.5. The van der Waals surface area contributed by atoms with Gasteiger partial charge in [0.25, 0.3) is 5.09 Å². The van der Waals surface area contributed by atoms with Gasteiger partial charge in [-0.1, -0.05) is 13.3 Å². The Kier molecular flexibility index (Phi) is 4.79. The van der Waals surface area contributed by atoms with Crippen molar-refractivity contribution < 1.29 is 15.1 Å². The zero-order valence-electron chi connectivity index (χ0n) is 12.5. The maximum atomic E-state index is 10.6. The minimum absolute atomic E-state index is 0.0313. The maximum absolute atomic E-state index is 10.6. The van der Waals surface area contributed by atoms with Crippen LogP contribution in [-0.4, -0.2) is 33.0 Å². The van der Waals surface area contributed by atoms with Crippen LogP contribution in [-0.2, 0) is 4.84 Å². The summed E-state index contributed by atoms with van der Waals surface area (Å²) in [5.41, 5.74) is -0.898. The Morgan fingerprint density at radius 3 is 2.21 bits per heavy atom. The lowest BCUT2D eigenvalue weighted by Crippen LogP contribution is -2.58. The molecule has 0 radical (unpaired) electrons. The number of rotatable bonds is 4. The molecule has 112 valence electrons. The SMILES string of the molecule is CCC1CCC(CO[N+](=O)[O-])C(C)(C)N(O)C1(C)C. The van der Waals surface area contributed by atoms with Gasteiger partial charge in [-0.05, 0) is 46.5 Å². The van der Waals surface area contributed by atoms with E-state index in [1.54, 1.807) is 0 Å². The molecule has 0 saturated carbocycles. The van der Waals surface area contributed by atoms with E-state index in [0.717, 1.165) is 19.3 Å². The second-order valence-electron chi connectivity index (χ2n) is 6.52. The van der Waals surface area contributed by atoms with E-state index in [-0.39, 0.29) is 18.1 Å². The van der Waals surface area contributed by atoms with Crippen molar-refractivity contribution in [3.8, 4) is 0 Å². The highest BCUT2D eigenvalue weighted by molar-refractivity contribution is 4.98. The number of nitrogens with zero attached hydrogens (tertiary/aromatic N) is 2. The third-order valence-electron chi connectivity index (χ3n) is 4.83. The first-order chi connectivity index (χ1) is 8.64. The first kappa shape index (κ1) is 16.2. The normalized spacial score (nSPS) is 30.6. The Labute approximate surface area is 114 Å². The van der Waals surface area contributed by atoms with Crippen molar-refractivity contribution in [3.63, 3.8) is 0 Å².